The number of carbonyl (C=O) groups is 1. The molecule has 0 saturated heterocycles. The summed E-state index contributed by atoms with van der Waals surface area (Å²) in [4.78, 5) is 12.2. The largest absolute Gasteiger partial charge is 0.340 e. The molecule has 25 heavy (non-hydrogen) atoms. The van der Waals surface area contributed by atoms with Crippen molar-refractivity contribution in [2.45, 2.75) is 13.8 Å². The molecule has 0 unspecified atom stereocenters. The van der Waals surface area contributed by atoms with Crippen molar-refractivity contribution in [1.29, 1.82) is 0 Å². The molecule has 0 saturated carbocycles. The Morgan fingerprint density at radius 3 is 2.72 bits per heavy atom. The topological polar surface area (TPSA) is 75.6 Å². The van der Waals surface area contributed by atoms with Gasteiger partial charge in [-0.25, -0.2) is 0 Å². The number of aryl methyl sites for hydroxylation is 2. The van der Waals surface area contributed by atoms with Gasteiger partial charge >= 0.3 is 0 Å². The lowest BCUT2D eigenvalue weighted by Crippen LogP contribution is -2.23. The molecule has 126 valence electrons. The maximum Gasteiger partial charge on any atom is 0.270 e. The van der Waals surface area contributed by atoms with Crippen LogP contribution in [-0.4, -0.2) is 32.4 Å². The molecule has 0 aliphatic carbocycles. The van der Waals surface area contributed by atoms with E-state index in [9.17, 15) is 4.79 Å². The first-order chi connectivity index (χ1) is 12.1. The number of amides is 1. The van der Waals surface area contributed by atoms with Gasteiger partial charge in [0.1, 0.15) is 5.69 Å². The minimum absolute atomic E-state index is 0.236. The Kier molecular flexibility index (Phi) is 4.66. The molecule has 0 fully saturated rings. The molecule has 0 atom stereocenters. The number of rotatable bonds is 3. The summed E-state index contributed by atoms with van der Waals surface area (Å²) in [5.74, 6) is 5.70. The van der Waals surface area contributed by atoms with Gasteiger partial charge in [-0.05, 0) is 32.0 Å². The molecule has 1 aromatic carbocycles. The first kappa shape index (κ1) is 16.5. The highest BCUT2D eigenvalue weighted by Gasteiger charge is 2.16. The first-order valence-electron chi connectivity index (χ1n) is 7.94. The molecule has 3 aromatic rings. The van der Waals surface area contributed by atoms with Gasteiger partial charge in [-0.2, -0.15) is 10.2 Å². The molecule has 0 aliphatic rings. The minimum atomic E-state index is -0.236. The molecule has 6 heteroatoms. The number of nitrogens with zero attached hydrogens (tertiary/aromatic N) is 3. The molecule has 2 N–H and O–H groups in total. The zero-order valence-electron chi connectivity index (χ0n) is 14.4. The highest BCUT2D eigenvalue weighted by atomic mass is 16.1. The zero-order chi connectivity index (χ0) is 17.8. The third-order valence-electron chi connectivity index (χ3n) is 3.93. The molecular weight excluding hydrogens is 314 g/mol. The van der Waals surface area contributed by atoms with Crippen molar-refractivity contribution in [1.82, 2.24) is 25.3 Å². The summed E-state index contributed by atoms with van der Waals surface area (Å²) in [7, 11) is 1.89. The van der Waals surface area contributed by atoms with Gasteiger partial charge in [-0.1, -0.05) is 30.0 Å². The van der Waals surface area contributed by atoms with Gasteiger partial charge < -0.3 is 5.32 Å². The van der Waals surface area contributed by atoms with Gasteiger partial charge in [0, 0.05) is 23.9 Å². The van der Waals surface area contributed by atoms with Crippen molar-refractivity contribution in [3.8, 4) is 23.1 Å². The van der Waals surface area contributed by atoms with E-state index in [0.29, 0.717) is 11.4 Å². The van der Waals surface area contributed by atoms with E-state index in [1.54, 1.807) is 10.7 Å². The molecular formula is C19H19N5O. The summed E-state index contributed by atoms with van der Waals surface area (Å²) in [5, 5.41) is 14.2. The number of aromatic nitrogens is 4. The normalized spacial score (nSPS) is 10.2. The lowest BCUT2D eigenvalue weighted by atomic mass is 10.1. The fraction of sp³-hybridized carbons (Fsp3) is 0.211. The van der Waals surface area contributed by atoms with Gasteiger partial charge in [0.2, 0.25) is 0 Å². The molecule has 2 heterocycles. The van der Waals surface area contributed by atoms with E-state index in [0.717, 1.165) is 22.5 Å². The second kappa shape index (κ2) is 7.05. The molecule has 0 radical (unpaired) electrons. The number of benzene rings is 1. The van der Waals surface area contributed by atoms with Crippen molar-refractivity contribution < 1.29 is 4.79 Å². The quantitative estimate of drug-likeness (QED) is 0.722. The van der Waals surface area contributed by atoms with E-state index in [4.69, 9.17) is 0 Å². The Morgan fingerprint density at radius 2 is 2.04 bits per heavy atom. The van der Waals surface area contributed by atoms with Crippen LogP contribution in [0.25, 0.3) is 11.3 Å². The number of H-pyrrole nitrogens is 1. The summed E-state index contributed by atoms with van der Waals surface area (Å²) in [6.45, 7) is 4.17. The van der Waals surface area contributed by atoms with Gasteiger partial charge in [0.15, 0.2) is 0 Å². The van der Waals surface area contributed by atoms with Gasteiger partial charge in [0.25, 0.3) is 5.91 Å². The van der Waals surface area contributed by atoms with Crippen LogP contribution in [0.4, 0.5) is 0 Å². The lowest BCUT2D eigenvalue weighted by Gasteiger charge is -1.97. The predicted octanol–water partition coefficient (Wildman–Crippen LogP) is 2.21. The second-order valence-electron chi connectivity index (χ2n) is 5.69. The van der Waals surface area contributed by atoms with Crippen LogP contribution in [0.5, 0.6) is 0 Å². The SMILES string of the molecule is Cc1nn(C)c(C)c1-c1cc(C(=O)NCC#Cc2ccccc2)[nH]n1. The van der Waals surface area contributed by atoms with Crippen LogP contribution in [0.2, 0.25) is 0 Å². The minimum Gasteiger partial charge on any atom is -0.340 e. The van der Waals surface area contributed by atoms with Crippen LogP contribution in [0.3, 0.4) is 0 Å². The Hall–Kier alpha value is -3.33. The average Bonchev–Trinajstić information content (AvgIpc) is 3.17. The Bertz CT molecular complexity index is 957. The summed E-state index contributed by atoms with van der Waals surface area (Å²) in [5.41, 5.74) is 4.87. The van der Waals surface area contributed by atoms with Crippen LogP contribution < -0.4 is 5.32 Å². The molecule has 1 amide bonds. The van der Waals surface area contributed by atoms with Crippen LogP contribution in [-0.2, 0) is 7.05 Å². The van der Waals surface area contributed by atoms with Crippen molar-refractivity contribution >= 4 is 5.91 Å². The zero-order valence-corrected chi connectivity index (χ0v) is 14.4. The molecule has 2 aromatic heterocycles. The number of hydrogen-bond acceptors (Lipinski definition) is 3. The van der Waals surface area contributed by atoms with E-state index in [1.807, 2.05) is 51.2 Å². The molecule has 0 bridgehead atoms. The Labute approximate surface area is 146 Å². The summed E-state index contributed by atoms with van der Waals surface area (Å²) in [6, 6.07) is 11.4. The van der Waals surface area contributed by atoms with E-state index in [-0.39, 0.29) is 12.5 Å². The fourth-order valence-corrected chi connectivity index (χ4v) is 2.60. The average molecular weight is 333 g/mol. The maximum absolute atomic E-state index is 12.2. The first-order valence-corrected chi connectivity index (χ1v) is 7.94. The van der Waals surface area contributed by atoms with Crippen molar-refractivity contribution in [2.75, 3.05) is 6.54 Å². The standard InChI is InChI=1S/C19H19N5O/c1-13-18(14(2)24(3)23-13)16-12-17(22-21-16)19(25)20-11-7-10-15-8-5-4-6-9-15/h4-6,8-9,12H,11H2,1-3H3,(H,20,25)(H,21,22). The monoisotopic (exact) mass is 333 g/mol. The second-order valence-corrected chi connectivity index (χ2v) is 5.69. The van der Waals surface area contributed by atoms with E-state index < -0.39 is 0 Å². The number of nitrogens with one attached hydrogen (secondary N) is 2. The number of hydrogen-bond donors (Lipinski definition) is 2. The van der Waals surface area contributed by atoms with Gasteiger partial charge in [-0.15, -0.1) is 0 Å². The summed E-state index contributed by atoms with van der Waals surface area (Å²) >= 11 is 0. The van der Waals surface area contributed by atoms with Crippen LogP contribution in [0.15, 0.2) is 36.4 Å². The van der Waals surface area contributed by atoms with E-state index in [1.165, 1.54) is 0 Å². The highest BCUT2D eigenvalue weighted by molar-refractivity contribution is 5.93. The molecule has 0 aliphatic heterocycles. The van der Waals surface area contributed by atoms with Crippen molar-refractivity contribution in [2.24, 2.45) is 7.05 Å². The molecule has 6 nitrogen and oxygen atoms in total. The van der Waals surface area contributed by atoms with Gasteiger partial charge in [0.05, 0.1) is 17.9 Å². The fourth-order valence-electron chi connectivity index (χ4n) is 2.60. The lowest BCUT2D eigenvalue weighted by molar-refractivity contribution is 0.0953. The van der Waals surface area contributed by atoms with Crippen molar-refractivity contribution in [3.63, 3.8) is 0 Å². The van der Waals surface area contributed by atoms with Crippen LogP contribution in [0, 0.1) is 25.7 Å². The van der Waals surface area contributed by atoms with E-state index in [2.05, 4.69) is 32.5 Å². The molecule has 0 spiro atoms. The molecule has 3 rings (SSSR count). The Balaban J connectivity index is 1.66. The summed E-state index contributed by atoms with van der Waals surface area (Å²) in [6.07, 6.45) is 0. The Morgan fingerprint density at radius 1 is 1.28 bits per heavy atom. The number of carbonyl (C=O) groups excluding carboxylic acids is 1. The highest BCUT2D eigenvalue weighted by Crippen LogP contribution is 2.25. The third-order valence-corrected chi connectivity index (χ3v) is 3.93. The third kappa shape index (κ3) is 3.61. The smallest absolute Gasteiger partial charge is 0.270 e. The maximum atomic E-state index is 12.2. The summed E-state index contributed by atoms with van der Waals surface area (Å²) < 4.78 is 1.80. The van der Waals surface area contributed by atoms with Gasteiger partial charge in [-0.3, -0.25) is 14.6 Å². The van der Waals surface area contributed by atoms with E-state index >= 15 is 0 Å². The predicted molar refractivity (Wildman–Crippen MR) is 95.9 cm³/mol. The van der Waals surface area contributed by atoms with Crippen LogP contribution in [0.1, 0.15) is 27.4 Å². The van der Waals surface area contributed by atoms with Crippen LogP contribution >= 0.6 is 0 Å². The number of aromatic amines is 1. The van der Waals surface area contributed by atoms with Crippen molar-refractivity contribution in [3.05, 3.63) is 59.0 Å².